The Balaban J connectivity index is 1.99. The van der Waals surface area contributed by atoms with Crippen molar-refractivity contribution in [1.29, 1.82) is 0 Å². The van der Waals surface area contributed by atoms with Crippen molar-refractivity contribution < 1.29 is 18.7 Å². The molecule has 1 N–H and O–H groups in total. The number of aromatic carboxylic acids is 1. The van der Waals surface area contributed by atoms with Crippen molar-refractivity contribution in [3.05, 3.63) is 12.0 Å². The largest absolute Gasteiger partial charge is 0.476 e. The van der Waals surface area contributed by atoms with Crippen LogP contribution in [0.4, 0.5) is 6.01 Å². The molecule has 0 amide bonds. The van der Waals surface area contributed by atoms with Crippen LogP contribution >= 0.6 is 0 Å². The van der Waals surface area contributed by atoms with E-state index in [-0.39, 0.29) is 16.8 Å². The van der Waals surface area contributed by atoms with Gasteiger partial charge in [0, 0.05) is 13.1 Å². The van der Waals surface area contributed by atoms with Gasteiger partial charge in [-0.25, -0.2) is 4.79 Å². The first-order chi connectivity index (χ1) is 9.60. The molecule has 0 unspecified atom stereocenters. The van der Waals surface area contributed by atoms with Gasteiger partial charge in [0.15, 0.2) is 14.0 Å². The zero-order chi connectivity index (χ0) is 15.8. The Bertz CT molecular complexity index is 521. The van der Waals surface area contributed by atoms with Crippen LogP contribution in [0.25, 0.3) is 0 Å². The van der Waals surface area contributed by atoms with Crippen LogP contribution < -0.4 is 4.90 Å². The molecule has 1 aromatic heterocycles. The highest BCUT2D eigenvalue weighted by molar-refractivity contribution is 6.74. The second-order valence-corrected chi connectivity index (χ2v) is 11.8. The molecule has 1 aliphatic rings. The fourth-order valence-corrected chi connectivity index (χ4v) is 3.48. The molecule has 7 heteroatoms. The van der Waals surface area contributed by atoms with Gasteiger partial charge in [-0.05, 0) is 24.6 Å². The molecule has 0 radical (unpaired) electrons. The van der Waals surface area contributed by atoms with Gasteiger partial charge >= 0.3 is 5.97 Å². The average molecular weight is 312 g/mol. The predicted octanol–water partition coefficient (Wildman–Crippen LogP) is 2.97. The molecule has 0 bridgehead atoms. The second-order valence-electron chi connectivity index (χ2n) is 7.06. The zero-order valence-electron chi connectivity index (χ0n) is 13.3. The van der Waals surface area contributed by atoms with Crippen molar-refractivity contribution in [2.45, 2.75) is 51.4 Å². The Kier molecular flexibility index (Phi) is 4.16. The first-order valence-corrected chi connectivity index (χ1v) is 10.1. The predicted molar refractivity (Wildman–Crippen MR) is 82.4 cm³/mol. The highest BCUT2D eigenvalue weighted by Crippen LogP contribution is 2.38. The summed E-state index contributed by atoms with van der Waals surface area (Å²) in [6, 6.07) is 0.369. The van der Waals surface area contributed by atoms with Gasteiger partial charge in [-0.3, -0.25) is 0 Å². The van der Waals surface area contributed by atoms with Crippen LogP contribution in [0.15, 0.2) is 10.7 Å². The van der Waals surface area contributed by atoms with Gasteiger partial charge < -0.3 is 18.8 Å². The summed E-state index contributed by atoms with van der Waals surface area (Å²) < 4.78 is 11.6. The highest BCUT2D eigenvalue weighted by atomic mass is 28.4. The monoisotopic (exact) mass is 312 g/mol. The van der Waals surface area contributed by atoms with E-state index >= 15 is 0 Å². The molecule has 118 valence electrons. The normalized spacial score (nSPS) is 20.0. The number of hydrogen-bond acceptors (Lipinski definition) is 5. The third-order valence-corrected chi connectivity index (χ3v) is 8.93. The van der Waals surface area contributed by atoms with E-state index in [1.165, 1.54) is 6.26 Å². The van der Waals surface area contributed by atoms with Crippen LogP contribution in [-0.2, 0) is 4.43 Å². The second kappa shape index (κ2) is 5.45. The molecule has 1 fully saturated rings. The lowest BCUT2D eigenvalue weighted by Crippen LogP contribution is -2.44. The molecule has 6 nitrogen and oxygen atoms in total. The van der Waals surface area contributed by atoms with E-state index in [2.05, 4.69) is 38.8 Å². The summed E-state index contributed by atoms with van der Waals surface area (Å²) in [6.45, 7) is 12.6. The van der Waals surface area contributed by atoms with Crippen LogP contribution in [-0.4, -0.2) is 43.6 Å². The average Bonchev–Trinajstić information content (AvgIpc) is 2.94. The topological polar surface area (TPSA) is 75.8 Å². The Hall–Kier alpha value is -1.34. The Morgan fingerprint density at radius 2 is 2.19 bits per heavy atom. The molecule has 1 aliphatic heterocycles. The van der Waals surface area contributed by atoms with Gasteiger partial charge in [-0.2, -0.15) is 4.98 Å². The van der Waals surface area contributed by atoms with Gasteiger partial charge in [-0.15, -0.1) is 0 Å². The number of aromatic nitrogens is 1. The summed E-state index contributed by atoms with van der Waals surface area (Å²) in [5.74, 6) is -1.07. The summed E-state index contributed by atoms with van der Waals surface area (Å²) in [4.78, 5) is 16.8. The van der Waals surface area contributed by atoms with Gasteiger partial charge in [-0.1, -0.05) is 20.8 Å². The lowest BCUT2D eigenvalue weighted by molar-refractivity contribution is 0.0690. The molecule has 0 saturated carbocycles. The molecule has 2 rings (SSSR count). The van der Waals surface area contributed by atoms with Gasteiger partial charge in [0.25, 0.3) is 6.01 Å². The molecule has 2 heterocycles. The number of carboxylic acid groups (broad SMARTS) is 1. The molecule has 1 aromatic rings. The van der Waals surface area contributed by atoms with Crippen LogP contribution in [0.5, 0.6) is 0 Å². The smallest absolute Gasteiger partial charge is 0.357 e. The van der Waals surface area contributed by atoms with Crippen molar-refractivity contribution in [2.75, 3.05) is 18.0 Å². The fourth-order valence-electron chi connectivity index (χ4n) is 2.10. The van der Waals surface area contributed by atoms with E-state index in [0.29, 0.717) is 12.6 Å². The summed E-state index contributed by atoms with van der Waals surface area (Å²) in [7, 11) is -1.78. The maximum absolute atomic E-state index is 10.8. The summed E-state index contributed by atoms with van der Waals surface area (Å²) >= 11 is 0. The first kappa shape index (κ1) is 16.0. The Labute approximate surface area is 126 Å². The molecule has 0 spiro atoms. The molecule has 21 heavy (non-hydrogen) atoms. The molecule has 0 aromatic carbocycles. The molecular formula is C14H24N2O4Si. The summed E-state index contributed by atoms with van der Waals surface area (Å²) in [6.07, 6.45) is 2.25. The van der Waals surface area contributed by atoms with Crippen LogP contribution in [0.1, 0.15) is 37.7 Å². The molecule has 1 atom stereocenters. The maximum Gasteiger partial charge on any atom is 0.357 e. The number of nitrogens with zero attached hydrogens (tertiary/aromatic N) is 2. The number of carboxylic acids is 1. The highest BCUT2D eigenvalue weighted by Gasteiger charge is 2.41. The van der Waals surface area contributed by atoms with E-state index in [1.54, 1.807) is 0 Å². The lowest BCUT2D eigenvalue weighted by atomic mass is 10.2. The van der Waals surface area contributed by atoms with Crippen molar-refractivity contribution in [2.24, 2.45) is 0 Å². The van der Waals surface area contributed by atoms with Gasteiger partial charge in [0.05, 0.1) is 6.10 Å². The van der Waals surface area contributed by atoms with E-state index in [0.717, 1.165) is 13.0 Å². The maximum atomic E-state index is 10.8. The lowest BCUT2D eigenvalue weighted by Gasteiger charge is -2.38. The standard InChI is InChI=1S/C14H24N2O4Si/c1-14(2,3)21(4,5)20-10-6-7-16(8-10)13-15-11(9-19-13)12(17)18/h9-10H,6-8H2,1-5H3,(H,17,18)/t10-/m0/s1. The number of rotatable bonds is 4. The van der Waals surface area contributed by atoms with E-state index in [9.17, 15) is 4.79 Å². The third kappa shape index (κ3) is 3.46. The Morgan fingerprint density at radius 1 is 1.52 bits per heavy atom. The first-order valence-electron chi connectivity index (χ1n) is 7.22. The molecule has 1 saturated heterocycles. The van der Waals surface area contributed by atoms with Gasteiger partial charge in [0.1, 0.15) is 6.26 Å². The van der Waals surface area contributed by atoms with Crippen molar-refractivity contribution in [3.8, 4) is 0 Å². The van der Waals surface area contributed by atoms with E-state index in [1.807, 2.05) is 4.90 Å². The number of oxazole rings is 1. The Morgan fingerprint density at radius 3 is 2.71 bits per heavy atom. The number of hydrogen-bond donors (Lipinski definition) is 1. The minimum atomic E-state index is -1.78. The van der Waals surface area contributed by atoms with Crippen LogP contribution in [0, 0.1) is 0 Å². The van der Waals surface area contributed by atoms with Crippen LogP contribution in [0.2, 0.25) is 18.1 Å². The summed E-state index contributed by atoms with van der Waals surface area (Å²) in [5, 5.41) is 9.06. The van der Waals surface area contributed by atoms with Crippen LogP contribution in [0.3, 0.4) is 0 Å². The number of anilines is 1. The molecule has 0 aliphatic carbocycles. The quantitative estimate of drug-likeness (QED) is 0.861. The van der Waals surface area contributed by atoms with E-state index < -0.39 is 14.3 Å². The molecular weight excluding hydrogens is 288 g/mol. The van der Waals surface area contributed by atoms with Gasteiger partial charge in [0.2, 0.25) is 0 Å². The van der Waals surface area contributed by atoms with Crippen molar-refractivity contribution in [1.82, 2.24) is 4.98 Å². The fraction of sp³-hybridized carbons (Fsp3) is 0.714. The minimum Gasteiger partial charge on any atom is -0.476 e. The van der Waals surface area contributed by atoms with Crippen molar-refractivity contribution >= 4 is 20.3 Å². The minimum absolute atomic E-state index is 0.0567. The van der Waals surface area contributed by atoms with E-state index in [4.69, 9.17) is 13.9 Å². The third-order valence-electron chi connectivity index (χ3n) is 4.39. The SMILES string of the molecule is CC(C)(C)[Si](C)(C)O[C@H]1CCN(c2nc(C(=O)O)co2)C1. The summed E-state index contributed by atoms with van der Waals surface area (Å²) in [5.41, 5.74) is -0.0567. The van der Waals surface area contributed by atoms with Crippen molar-refractivity contribution in [3.63, 3.8) is 0 Å². The number of carbonyl (C=O) groups is 1. The zero-order valence-corrected chi connectivity index (χ0v) is 14.3.